The summed E-state index contributed by atoms with van der Waals surface area (Å²) in [6.07, 6.45) is 0. The summed E-state index contributed by atoms with van der Waals surface area (Å²) in [7, 11) is -0.618. The van der Waals surface area contributed by atoms with E-state index in [0.717, 1.165) is 0 Å². The lowest BCUT2D eigenvalue weighted by atomic mass is 9.76. The lowest BCUT2D eigenvalue weighted by Crippen LogP contribution is -2.27. The molecule has 2 aliphatic rings. The zero-order valence-corrected chi connectivity index (χ0v) is 13.6. The van der Waals surface area contributed by atoms with Crippen molar-refractivity contribution in [1.29, 1.82) is 0 Å². The van der Waals surface area contributed by atoms with Crippen molar-refractivity contribution >= 4 is 31.4 Å². The van der Waals surface area contributed by atoms with Crippen LogP contribution in [0.4, 0.5) is 0 Å². The second kappa shape index (κ2) is 3.94. The first-order valence-electron chi connectivity index (χ1n) is 5.77. The fourth-order valence-electron chi connectivity index (χ4n) is 2.51. The fourth-order valence-corrected chi connectivity index (χ4v) is 11.4. The highest BCUT2D eigenvalue weighted by molar-refractivity contribution is 8.75. The standard InChI is InChI=1S/C12H20O2S3/c1-11(2,3)7-8(12(4,5)6)10-16(13)9(7)15-17(10)14/h9-10H,1-6H3. The quantitative estimate of drug-likeness (QED) is 0.508. The van der Waals surface area contributed by atoms with Crippen LogP contribution in [0.25, 0.3) is 0 Å². The monoisotopic (exact) mass is 292 g/mol. The van der Waals surface area contributed by atoms with Crippen LogP contribution in [0.3, 0.4) is 0 Å². The van der Waals surface area contributed by atoms with Crippen LogP contribution < -0.4 is 0 Å². The van der Waals surface area contributed by atoms with Crippen LogP contribution >= 0.6 is 10.8 Å². The maximum Gasteiger partial charge on any atom is 0.143 e. The van der Waals surface area contributed by atoms with Crippen LogP contribution in [0.15, 0.2) is 11.1 Å². The number of fused-ring (bicyclic) bond motifs is 2. The lowest BCUT2D eigenvalue weighted by molar-refractivity contribution is 0.446. The Balaban J connectivity index is 2.65. The van der Waals surface area contributed by atoms with Crippen LogP contribution in [0, 0.1) is 10.8 Å². The molecule has 0 spiro atoms. The molecule has 2 nitrogen and oxygen atoms in total. The van der Waals surface area contributed by atoms with E-state index >= 15 is 0 Å². The van der Waals surface area contributed by atoms with Crippen molar-refractivity contribution < 1.29 is 8.42 Å². The smallest absolute Gasteiger partial charge is 0.143 e. The zero-order valence-electron chi connectivity index (χ0n) is 11.2. The molecule has 4 unspecified atom stereocenters. The SMILES string of the molecule is CC(C)(C)C1=C(C(C)(C)C)C2S(=O)SC1S2=O. The normalized spacial score (nSPS) is 38.0. The van der Waals surface area contributed by atoms with E-state index in [4.69, 9.17) is 0 Å². The Morgan fingerprint density at radius 2 is 1.41 bits per heavy atom. The molecule has 4 atom stereocenters. The van der Waals surface area contributed by atoms with Crippen molar-refractivity contribution in [3.05, 3.63) is 11.1 Å². The molecule has 2 rings (SSSR count). The van der Waals surface area contributed by atoms with Crippen molar-refractivity contribution in [2.75, 3.05) is 0 Å². The van der Waals surface area contributed by atoms with Gasteiger partial charge in [-0.2, -0.15) is 0 Å². The van der Waals surface area contributed by atoms with Crippen molar-refractivity contribution in [1.82, 2.24) is 0 Å². The van der Waals surface area contributed by atoms with Crippen molar-refractivity contribution in [2.45, 2.75) is 50.7 Å². The Bertz CT molecular complexity index is 438. The summed E-state index contributed by atoms with van der Waals surface area (Å²) in [5.74, 6) is 0. The highest BCUT2D eigenvalue weighted by atomic mass is 33.1. The highest BCUT2D eigenvalue weighted by Gasteiger charge is 2.56. The molecule has 2 heterocycles. The average Bonchev–Trinajstić information content (AvgIpc) is 2.52. The molecule has 2 aliphatic heterocycles. The fraction of sp³-hybridized carbons (Fsp3) is 0.833. The van der Waals surface area contributed by atoms with Gasteiger partial charge in [0.25, 0.3) is 0 Å². The van der Waals surface area contributed by atoms with Gasteiger partial charge in [-0.3, -0.25) is 4.21 Å². The van der Waals surface area contributed by atoms with Gasteiger partial charge in [0.2, 0.25) is 0 Å². The summed E-state index contributed by atoms with van der Waals surface area (Å²) in [6.45, 7) is 12.9. The molecule has 0 aliphatic carbocycles. The molecule has 0 radical (unpaired) electrons. The first kappa shape index (κ1) is 13.8. The predicted molar refractivity (Wildman–Crippen MR) is 77.4 cm³/mol. The summed E-state index contributed by atoms with van der Waals surface area (Å²) in [4.78, 5) is 0. The van der Waals surface area contributed by atoms with Gasteiger partial charge < -0.3 is 0 Å². The number of rotatable bonds is 0. The van der Waals surface area contributed by atoms with E-state index in [1.54, 1.807) is 0 Å². The molecule has 0 aromatic heterocycles. The van der Waals surface area contributed by atoms with Gasteiger partial charge >= 0.3 is 0 Å². The van der Waals surface area contributed by atoms with Gasteiger partial charge in [0.1, 0.15) is 19.0 Å². The summed E-state index contributed by atoms with van der Waals surface area (Å²) < 4.78 is 24.1. The van der Waals surface area contributed by atoms with Crippen molar-refractivity contribution in [3.8, 4) is 0 Å². The van der Waals surface area contributed by atoms with E-state index in [-0.39, 0.29) is 20.0 Å². The minimum absolute atomic E-state index is 0.00924. The summed E-state index contributed by atoms with van der Waals surface area (Å²) in [5.41, 5.74) is 2.42. The first-order valence-corrected chi connectivity index (χ1v) is 9.66. The Kier molecular flexibility index (Phi) is 3.20. The van der Waals surface area contributed by atoms with Crippen LogP contribution in [0.5, 0.6) is 0 Å². The van der Waals surface area contributed by atoms with Crippen LogP contribution in [0.2, 0.25) is 0 Å². The molecule has 0 N–H and O–H groups in total. The highest BCUT2D eigenvalue weighted by Crippen LogP contribution is 2.57. The molecule has 2 bridgehead atoms. The minimum Gasteiger partial charge on any atom is -0.256 e. The van der Waals surface area contributed by atoms with Crippen LogP contribution in [0.1, 0.15) is 41.5 Å². The second-order valence-electron chi connectivity index (χ2n) is 6.68. The van der Waals surface area contributed by atoms with Gasteiger partial charge in [-0.15, -0.1) is 0 Å². The maximum atomic E-state index is 12.3. The number of hydrogen-bond acceptors (Lipinski definition) is 3. The largest absolute Gasteiger partial charge is 0.256 e. The minimum atomic E-state index is -1.01. The molecule has 1 fully saturated rings. The third-order valence-corrected chi connectivity index (χ3v) is 10.1. The molecule has 0 aromatic carbocycles. The molecule has 0 saturated carbocycles. The van der Waals surface area contributed by atoms with E-state index in [0.29, 0.717) is 0 Å². The average molecular weight is 292 g/mol. The molecule has 0 aromatic rings. The van der Waals surface area contributed by atoms with Crippen LogP contribution in [-0.2, 0) is 20.6 Å². The second-order valence-corrected chi connectivity index (χ2v) is 12.1. The van der Waals surface area contributed by atoms with Gasteiger partial charge in [-0.1, -0.05) is 41.5 Å². The summed E-state index contributed by atoms with van der Waals surface area (Å²) in [5, 5.41) is 0. The predicted octanol–water partition coefficient (Wildman–Crippen LogP) is 3.20. The van der Waals surface area contributed by atoms with Gasteiger partial charge in [0.05, 0.1) is 10.8 Å². The van der Waals surface area contributed by atoms with Crippen molar-refractivity contribution in [3.63, 3.8) is 0 Å². The van der Waals surface area contributed by atoms with Gasteiger partial charge in [-0.05, 0) is 32.8 Å². The topological polar surface area (TPSA) is 34.1 Å². The van der Waals surface area contributed by atoms with E-state index in [1.807, 2.05) is 0 Å². The molecular formula is C12H20O2S3. The lowest BCUT2D eigenvalue weighted by Gasteiger charge is -2.34. The molecule has 0 amide bonds. The molecule has 98 valence electrons. The van der Waals surface area contributed by atoms with Gasteiger partial charge in [0, 0.05) is 0 Å². The first-order chi connectivity index (χ1) is 7.55. The van der Waals surface area contributed by atoms with E-state index in [2.05, 4.69) is 41.5 Å². The summed E-state index contributed by atoms with van der Waals surface area (Å²) >= 11 is 0. The molecule has 5 heteroatoms. The Hall–Kier alpha value is 0.390. The Morgan fingerprint density at radius 1 is 0.941 bits per heavy atom. The maximum absolute atomic E-state index is 12.3. The van der Waals surface area contributed by atoms with E-state index in [1.165, 1.54) is 21.9 Å². The third kappa shape index (κ3) is 2.08. The van der Waals surface area contributed by atoms with Crippen LogP contribution in [-0.4, -0.2) is 17.6 Å². The van der Waals surface area contributed by atoms with Gasteiger partial charge in [0.15, 0.2) is 0 Å². The third-order valence-electron chi connectivity index (χ3n) is 3.16. The van der Waals surface area contributed by atoms with Crippen molar-refractivity contribution in [2.24, 2.45) is 10.8 Å². The van der Waals surface area contributed by atoms with Gasteiger partial charge in [-0.25, -0.2) is 4.21 Å². The molecular weight excluding hydrogens is 272 g/mol. The Labute approximate surface area is 112 Å². The zero-order chi connectivity index (χ0) is 13.2. The molecule has 17 heavy (non-hydrogen) atoms. The summed E-state index contributed by atoms with van der Waals surface area (Å²) in [6, 6.07) is 0. The number of hydrogen-bond donors (Lipinski definition) is 0. The van der Waals surface area contributed by atoms with E-state index < -0.39 is 20.6 Å². The molecule has 1 saturated heterocycles. The Morgan fingerprint density at radius 3 is 1.82 bits per heavy atom. The van der Waals surface area contributed by atoms with E-state index in [9.17, 15) is 8.42 Å².